The molecule has 1 atom stereocenters. The molecule has 5 heteroatoms. The number of hydrogen-bond acceptors (Lipinski definition) is 4. The number of hydrazine groups is 1. The molecule has 6 N–H and O–H groups in total. The zero-order valence-corrected chi connectivity index (χ0v) is 7.83. The topological polar surface area (TPSA) is 92.7 Å². The summed E-state index contributed by atoms with van der Waals surface area (Å²) in [5.41, 5.74) is 10.3. The van der Waals surface area contributed by atoms with Gasteiger partial charge in [-0.15, -0.1) is 0 Å². The summed E-state index contributed by atoms with van der Waals surface area (Å²) in [5, 5.41) is 6.48. The second-order valence-corrected chi connectivity index (χ2v) is 3.13. The number of anilines is 1. The Morgan fingerprint density at radius 2 is 2.38 bits per heavy atom. The molecule has 0 amide bonds. The van der Waals surface area contributed by atoms with Crippen molar-refractivity contribution in [1.29, 1.82) is 0 Å². The van der Waals surface area contributed by atoms with Crippen LogP contribution in [0.3, 0.4) is 0 Å². The number of nitrogen functional groups attached to an aromatic ring is 1. The van der Waals surface area contributed by atoms with Crippen LogP contribution >= 0.6 is 0 Å². The van der Waals surface area contributed by atoms with Crippen molar-refractivity contribution in [2.75, 3.05) is 5.73 Å². The first-order valence-corrected chi connectivity index (χ1v) is 4.05. The van der Waals surface area contributed by atoms with Gasteiger partial charge in [0.1, 0.15) is 5.82 Å². The molecule has 0 bridgehead atoms. The van der Waals surface area contributed by atoms with Crippen LogP contribution < -0.4 is 17.0 Å². The van der Waals surface area contributed by atoms with Gasteiger partial charge in [0.2, 0.25) is 0 Å². The highest BCUT2D eigenvalue weighted by atomic mass is 15.2. The molecule has 0 fully saturated rings. The normalized spacial score (nSPS) is 12.5. The van der Waals surface area contributed by atoms with Crippen molar-refractivity contribution in [1.82, 2.24) is 15.6 Å². The molecule has 1 aromatic rings. The Labute approximate surface area is 77.2 Å². The van der Waals surface area contributed by atoms with Gasteiger partial charge in [-0.05, 0) is 13.8 Å². The van der Waals surface area contributed by atoms with Crippen molar-refractivity contribution in [3.8, 4) is 0 Å². The van der Waals surface area contributed by atoms with E-state index in [0.29, 0.717) is 5.82 Å². The number of rotatable bonds is 3. The summed E-state index contributed by atoms with van der Waals surface area (Å²) in [6.07, 6.45) is 3.65. The third-order valence-electron chi connectivity index (χ3n) is 1.71. The number of nitrogens with two attached hydrogens (primary N) is 2. The SMILES string of the molecule is CC(C)=CC(NN)c1cn[nH]c1N. The first-order valence-electron chi connectivity index (χ1n) is 4.05. The van der Waals surface area contributed by atoms with Gasteiger partial charge in [-0.3, -0.25) is 10.9 Å². The van der Waals surface area contributed by atoms with Gasteiger partial charge in [0, 0.05) is 5.56 Å². The van der Waals surface area contributed by atoms with E-state index >= 15 is 0 Å². The summed E-state index contributed by atoms with van der Waals surface area (Å²) in [5.74, 6) is 5.93. The molecule has 5 nitrogen and oxygen atoms in total. The molecule has 0 spiro atoms. The summed E-state index contributed by atoms with van der Waals surface area (Å²) in [4.78, 5) is 0. The number of nitrogens with one attached hydrogen (secondary N) is 2. The van der Waals surface area contributed by atoms with Gasteiger partial charge in [0.15, 0.2) is 0 Å². The predicted molar refractivity (Wildman–Crippen MR) is 52.5 cm³/mol. The molecule has 1 aromatic heterocycles. The maximum Gasteiger partial charge on any atom is 0.123 e. The fourth-order valence-electron chi connectivity index (χ4n) is 1.11. The smallest absolute Gasteiger partial charge is 0.123 e. The molecule has 0 aliphatic rings. The molecule has 0 saturated carbocycles. The van der Waals surface area contributed by atoms with Crippen molar-refractivity contribution < 1.29 is 0 Å². The minimum atomic E-state index is -0.0799. The first-order chi connectivity index (χ1) is 6.15. The number of H-pyrrole nitrogens is 1. The summed E-state index contributed by atoms with van der Waals surface area (Å²) < 4.78 is 0. The molecule has 1 heterocycles. The molecule has 0 aromatic carbocycles. The van der Waals surface area contributed by atoms with E-state index in [-0.39, 0.29) is 6.04 Å². The second kappa shape index (κ2) is 4.06. The van der Waals surface area contributed by atoms with Gasteiger partial charge in [0.25, 0.3) is 0 Å². The van der Waals surface area contributed by atoms with E-state index in [9.17, 15) is 0 Å². The van der Waals surface area contributed by atoms with Gasteiger partial charge in [-0.1, -0.05) is 11.6 Å². The lowest BCUT2D eigenvalue weighted by Crippen LogP contribution is -2.27. The second-order valence-electron chi connectivity index (χ2n) is 3.13. The van der Waals surface area contributed by atoms with Gasteiger partial charge in [-0.2, -0.15) is 5.10 Å². The highest BCUT2D eigenvalue weighted by molar-refractivity contribution is 5.41. The summed E-state index contributed by atoms with van der Waals surface area (Å²) in [7, 11) is 0. The monoisotopic (exact) mass is 181 g/mol. The Balaban J connectivity index is 2.91. The number of aromatic amines is 1. The van der Waals surface area contributed by atoms with E-state index in [1.807, 2.05) is 19.9 Å². The van der Waals surface area contributed by atoms with E-state index < -0.39 is 0 Å². The lowest BCUT2D eigenvalue weighted by Gasteiger charge is -2.10. The molecule has 13 heavy (non-hydrogen) atoms. The Bertz CT molecular complexity index is 297. The molecular formula is C8H15N5. The fourth-order valence-corrected chi connectivity index (χ4v) is 1.11. The minimum absolute atomic E-state index is 0.0799. The van der Waals surface area contributed by atoms with Gasteiger partial charge < -0.3 is 5.73 Å². The lowest BCUT2D eigenvalue weighted by molar-refractivity contribution is 0.654. The van der Waals surface area contributed by atoms with E-state index in [1.54, 1.807) is 6.20 Å². The molecule has 72 valence electrons. The maximum atomic E-state index is 5.65. The average molecular weight is 181 g/mol. The number of allylic oxidation sites excluding steroid dienone is 1. The number of hydrogen-bond donors (Lipinski definition) is 4. The van der Waals surface area contributed by atoms with Gasteiger partial charge in [0.05, 0.1) is 12.2 Å². The molecule has 0 radical (unpaired) electrons. The van der Waals surface area contributed by atoms with Crippen molar-refractivity contribution in [2.45, 2.75) is 19.9 Å². The van der Waals surface area contributed by atoms with Gasteiger partial charge in [-0.25, -0.2) is 5.43 Å². The number of aromatic nitrogens is 2. The van der Waals surface area contributed by atoms with E-state index in [4.69, 9.17) is 11.6 Å². The van der Waals surface area contributed by atoms with Crippen LogP contribution in [0.2, 0.25) is 0 Å². The third kappa shape index (κ3) is 2.30. The zero-order valence-electron chi connectivity index (χ0n) is 7.83. The molecule has 0 aliphatic heterocycles. The average Bonchev–Trinajstić information content (AvgIpc) is 2.47. The minimum Gasteiger partial charge on any atom is -0.384 e. The fraction of sp³-hybridized carbons (Fsp3) is 0.375. The van der Waals surface area contributed by atoms with E-state index in [2.05, 4.69) is 15.6 Å². The Morgan fingerprint density at radius 1 is 1.69 bits per heavy atom. The van der Waals surface area contributed by atoms with Crippen LogP contribution in [0.4, 0.5) is 5.82 Å². The van der Waals surface area contributed by atoms with E-state index in [0.717, 1.165) is 5.56 Å². The molecule has 0 saturated heterocycles. The number of nitrogens with zero attached hydrogens (tertiary/aromatic N) is 1. The predicted octanol–water partition coefficient (Wildman–Crippen LogP) is 0.462. The molecule has 1 unspecified atom stereocenters. The van der Waals surface area contributed by atoms with Crippen LogP contribution in [0, 0.1) is 0 Å². The summed E-state index contributed by atoms with van der Waals surface area (Å²) in [6, 6.07) is -0.0799. The van der Waals surface area contributed by atoms with E-state index in [1.165, 1.54) is 5.57 Å². The molecule has 1 rings (SSSR count). The summed E-state index contributed by atoms with van der Waals surface area (Å²) >= 11 is 0. The Morgan fingerprint density at radius 3 is 2.77 bits per heavy atom. The van der Waals surface area contributed by atoms with Crippen molar-refractivity contribution in [3.63, 3.8) is 0 Å². The van der Waals surface area contributed by atoms with Gasteiger partial charge >= 0.3 is 0 Å². The Kier molecular flexibility index (Phi) is 3.05. The Hall–Kier alpha value is -1.33. The largest absolute Gasteiger partial charge is 0.384 e. The molecule has 0 aliphatic carbocycles. The van der Waals surface area contributed by atoms with Crippen molar-refractivity contribution >= 4 is 5.82 Å². The maximum absolute atomic E-state index is 5.65. The van der Waals surface area contributed by atoms with Crippen LogP contribution in [0.25, 0.3) is 0 Å². The highest BCUT2D eigenvalue weighted by Gasteiger charge is 2.11. The zero-order chi connectivity index (χ0) is 9.84. The van der Waals surface area contributed by atoms with Crippen LogP contribution in [0.5, 0.6) is 0 Å². The highest BCUT2D eigenvalue weighted by Crippen LogP contribution is 2.18. The first kappa shape index (κ1) is 9.76. The standard InChI is InChI=1S/C8H15N5/c1-5(2)3-7(12-10)6-4-11-13-8(6)9/h3-4,7,12H,10H2,1-2H3,(H3,9,11,13). The third-order valence-corrected chi connectivity index (χ3v) is 1.71. The van der Waals surface area contributed by atoms with Crippen molar-refractivity contribution in [2.24, 2.45) is 5.84 Å². The van der Waals surface area contributed by atoms with Crippen molar-refractivity contribution in [3.05, 3.63) is 23.4 Å². The molecular weight excluding hydrogens is 166 g/mol. The van der Waals surface area contributed by atoms with Crippen LogP contribution in [0.15, 0.2) is 17.8 Å². The lowest BCUT2D eigenvalue weighted by atomic mass is 10.1. The van der Waals surface area contributed by atoms with Crippen LogP contribution in [-0.4, -0.2) is 10.2 Å². The van der Waals surface area contributed by atoms with Crippen LogP contribution in [0.1, 0.15) is 25.5 Å². The summed E-state index contributed by atoms with van der Waals surface area (Å²) in [6.45, 7) is 4.00. The quantitative estimate of drug-likeness (QED) is 0.310. The van der Waals surface area contributed by atoms with Crippen LogP contribution in [-0.2, 0) is 0 Å².